The molecular formula is C15H15NO5S. The fourth-order valence-corrected chi connectivity index (χ4v) is 3.19. The molecule has 0 radical (unpaired) electrons. The summed E-state index contributed by atoms with van der Waals surface area (Å²) in [7, 11) is -4.14. The first-order valence-electron chi connectivity index (χ1n) is 6.47. The van der Waals surface area contributed by atoms with E-state index in [4.69, 9.17) is 4.18 Å². The Bertz CT molecular complexity index is 826. The van der Waals surface area contributed by atoms with Crippen molar-refractivity contribution in [1.29, 1.82) is 0 Å². The molecule has 0 saturated heterocycles. The van der Waals surface area contributed by atoms with E-state index in [0.717, 1.165) is 11.6 Å². The first-order chi connectivity index (χ1) is 10.2. The van der Waals surface area contributed by atoms with E-state index in [0.29, 0.717) is 11.1 Å². The minimum atomic E-state index is -4.14. The quantitative estimate of drug-likeness (QED) is 0.490. The number of benzene rings is 2. The lowest BCUT2D eigenvalue weighted by Gasteiger charge is -2.11. The van der Waals surface area contributed by atoms with Crippen LogP contribution >= 0.6 is 0 Å². The molecule has 116 valence electrons. The van der Waals surface area contributed by atoms with Crippen LogP contribution in [-0.4, -0.2) is 13.3 Å². The zero-order chi connectivity index (χ0) is 16.5. The summed E-state index contributed by atoms with van der Waals surface area (Å²) in [6.07, 6.45) is 0. The third-order valence-corrected chi connectivity index (χ3v) is 4.69. The molecule has 0 unspecified atom stereocenters. The lowest BCUT2D eigenvalue weighted by molar-refractivity contribution is -0.385. The van der Waals surface area contributed by atoms with Gasteiger partial charge in [-0.15, -0.1) is 0 Å². The third-order valence-electron chi connectivity index (χ3n) is 3.31. The first-order valence-corrected chi connectivity index (χ1v) is 7.88. The zero-order valence-electron chi connectivity index (χ0n) is 12.4. The SMILES string of the molecule is Cc1ccc(OS(=O)(=O)c2cc([N+](=O)[O-])cc(C)c2C)cc1. The summed E-state index contributed by atoms with van der Waals surface area (Å²) in [4.78, 5) is 10.1. The number of non-ortho nitro benzene ring substituents is 1. The molecule has 0 spiro atoms. The van der Waals surface area contributed by atoms with Crippen molar-refractivity contribution in [3.63, 3.8) is 0 Å². The van der Waals surface area contributed by atoms with Gasteiger partial charge in [0.2, 0.25) is 0 Å². The van der Waals surface area contributed by atoms with E-state index in [1.165, 1.54) is 18.2 Å². The van der Waals surface area contributed by atoms with Crippen LogP contribution in [0.2, 0.25) is 0 Å². The first kappa shape index (κ1) is 16.0. The van der Waals surface area contributed by atoms with Crippen LogP contribution < -0.4 is 4.18 Å². The molecule has 0 atom stereocenters. The monoisotopic (exact) mass is 321 g/mol. The summed E-state index contributed by atoms with van der Waals surface area (Å²) in [6.45, 7) is 5.07. The van der Waals surface area contributed by atoms with E-state index >= 15 is 0 Å². The number of nitrogens with zero attached hydrogens (tertiary/aromatic N) is 1. The molecule has 6 nitrogen and oxygen atoms in total. The van der Waals surface area contributed by atoms with Gasteiger partial charge in [-0.3, -0.25) is 10.1 Å². The van der Waals surface area contributed by atoms with Crippen LogP contribution in [0.1, 0.15) is 16.7 Å². The number of hydrogen-bond acceptors (Lipinski definition) is 5. The standard InChI is InChI=1S/C15H15NO5S/c1-10-4-6-14(7-5-10)21-22(19,20)15-9-13(16(17)18)8-11(2)12(15)3/h4-9H,1-3H3. The summed E-state index contributed by atoms with van der Waals surface area (Å²) < 4.78 is 29.8. The molecule has 0 bridgehead atoms. The van der Waals surface area contributed by atoms with Gasteiger partial charge < -0.3 is 4.18 Å². The molecule has 0 aliphatic rings. The van der Waals surface area contributed by atoms with Gasteiger partial charge in [-0.05, 0) is 44.0 Å². The maximum absolute atomic E-state index is 12.4. The second-order valence-electron chi connectivity index (χ2n) is 4.99. The molecule has 2 aromatic rings. The summed E-state index contributed by atoms with van der Waals surface area (Å²) >= 11 is 0. The van der Waals surface area contributed by atoms with Crippen molar-refractivity contribution in [2.75, 3.05) is 0 Å². The summed E-state index contributed by atoms with van der Waals surface area (Å²) in [5.74, 6) is 0.161. The van der Waals surface area contributed by atoms with Crippen LogP contribution in [-0.2, 0) is 10.1 Å². The maximum Gasteiger partial charge on any atom is 0.339 e. The largest absolute Gasteiger partial charge is 0.379 e. The molecule has 0 aromatic heterocycles. The zero-order valence-corrected chi connectivity index (χ0v) is 13.2. The second-order valence-corrected chi connectivity index (χ2v) is 6.51. The van der Waals surface area contributed by atoms with Crippen LogP contribution in [0.25, 0.3) is 0 Å². The highest BCUT2D eigenvalue weighted by atomic mass is 32.2. The fraction of sp³-hybridized carbons (Fsp3) is 0.200. The summed E-state index contributed by atoms with van der Waals surface area (Å²) in [5.41, 5.74) is 1.62. The molecule has 22 heavy (non-hydrogen) atoms. The van der Waals surface area contributed by atoms with Crippen molar-refractivity contribution in [3.8, 4) is 5.75 Å². The van der Waals surface area contributed by atoms with Crippen molar-refractivity contribution >= 4 is 15.8 Å². The van der Waals surface area contributed by atoms with Crippen molar-refractivity contribution in [1.82, 2.24) is 0 Å². The van der Waals surface area contributed by atoms with E-state index in [1.54, 1.807) is 26.0 Å². The molecule has 0 saturated carbocycles. The molecule has 0 heterocycles. The molecule has 0 fully saturated rings. The predicted octanol–water partition coefficient (Wildman–Crippen LogP) is 3.29. The maximum atomic E-state index is 12.4. The van der Waals surface area contributed by atoms with Gasteiger partial charge in [0.15, 0.2) is 0 Å². The van der Waals surface area contributed by atoms with Crippen molar-refractivity contribution in [2.24, 2.45) is 0 Å². The van der Waals surface area contributed by atoms with E-state index < -0.39 is 15.0 Å². The number of hydrogen-bond donors (Lipinski definition) is 0. The molecule has 7 heteroatoms. The average Bonchev–Trinajstić information content (AvgIpc) is 2.43. The van der Waals surface area contributed by atoms with E-state index in [1.807, 2.05) is 6.92 Å². The minimum absolute atomic E-state index is 0.161. The Kier molecular flexibility index (Phi) is 4.18. The Hall–Kier alpha value is -2.41. The highest BCUT2D eigenvalue weighted by molar-refractivity contribution is 7.87. The van der Waals surface area contributed by atoms with Crippen LogP contribution in [0.15, 0.2) is 41.3 Å². The molecule has 2 rings (SSSR count). The lowest BCUT2D eigenvalue weighted by Crippen LogP contribution is -2.12. The molecule has 0 aliphatic carbocycles. The summed E-state index contributed by atoms with van der Waals surface area (Å²) in [6, 6.07) is 8.86. The number of nitro groups is 1. The lowest BCUT2D eigenvalue weighted by atomic mass is 10.1. The molecule has 0 aliphatic heterocycles. The van der Waals surface area contributed by atoms with Crippen LogP contribution in [0.3, 0.4) is 0 Å². The van der Waals surface area contributed by atoms with Gasteiger partial charge in [-0.2, -0.15) is 8.42 Å². The normalized spacial score (nSPS) is 11.2. The van der Waals surface area contributed by atoms with Crippen LogP contribution in [0, 0.1) is 30.9 Å². The fourth-order valence-electron chi connectivity index (χ4n) is 1.94. The van der Waals surface area contributed by atoms with Crippen LogP contribution in [0.5, 0.6) is 5.75 Å². The summed E-state index contributed by atoms with van der Waals surface area (Å²) in [5, 5.41) is 10.9. The van der Waals surface area contributed by atoms with Gasteiger partial charge in [-0.1, -0.05) is 17.7 Å². The van der Waals surface area contributed by atoms with Gasteiger partial charge in [-0.25, -0.2) is 0 Å². The van der Waals surface area contributed by atoms with Gasteiger partial charge in [0.25, 0.3) is 5.69 Å². The Morgan fingerprint density at radius 3 is 2.18 bits per heavy atom. The van der Waals surface area contributed by atoms with Crippen molar-refractivity contribution < 1.29 is 17.5 Å². The van der Waals surface area contributed by atoms with Gasteiger partial charge in [0, 0.05) is 12.1 Å². The Morgan fingerprint density at radius 1 is 1.05 bits per heavy atom. The minimum Gasteiger partial charge on any atom is -0.379 e. The smallest absolute Gasteiger partial charge is 0.339 e. The van der Waals surface area contributed by atoms with Gasteiger partial charge in [0.05, 0.1) is 4.92 Å². The molecule has 2 aromatic carbocycles. The highest BCUT2D eigenvalue weighted by Crippen LogP contribution is 2.27. The van der Waals surface area contributed by atoms with E-state index in [9.17, 15) is 18.5 Å². The Morgan fingerprint density at radius 2 is 1.64 bits per heavy atom. The molecule has 0 N–H and O–H groups in total. The van der Waals surface area contributed by atoms with Crippen LogP contribution in [0.4, 0.5) is 5.69 Å². The topological polar surface area (TPSA) is 86.5 Å². The molecule has 0 amide bonds. The number of rotatable bonds is 4. The van der Waals surface area contributed by atoms with Gasteiger partial charge in [0.1, 0.15) is 10.6 Å². The number of nitro benzene ring substituents is 1. The third kappa shape index (κ3) is 3.25. The number of aryl methyl sites for hydroxylation is 2. The van der Waals surface area contributed by atoms with Crippen molar-refractivity contribution in [2.45, 2.75) is 25.7 Å². The Labute approximate surface area is 128 Å². The average molecular weight is 321 g/mol. The van der Waals surface area contributed by atoms with E-state index in [2.05, 4.69) is 0 Å². The van der Waals surface area contributed by atoms with E-state index in [-0.39, 0.29) is 16.3 Å². The van der Waals surface area contributed by atoms with Gasteiger partial charge >= 0.3 is 10.1 Å². The molecular weight excluding hydrogens is 306 g/mol. The highest BCUT2D eigenvalue weighted by Gasteiger charge is 2.24. The Balaban J connectivity index is 2.49. The predicted molar refractivity (Wildman–Crippen MR) is 81.6 cm³/mol. The second kappa shape index (κ2) is 5.76. The van der Waals surface area contributed by atoms with Crippen molar-refractivity contribution in [3.05, 3.63) is 63.2 Å².